The lowest BCUT2D eigenvalue weighted by atomic mass is 9.91. The van der Waals surface area contributed by atoms with Crippen molar-refractivity contribution in [2.75, 3.05) is 18.0 Å². The van der Waals surface area contributed by atoms with Gasteiger partial charge in [-0.25, -0.2) is 0 Å². The van der Waals surface area contributed by atoms with Gasteiger partial charge in [-0.3, -0.25) is 0 Å². The highest BCUT2D eigenvalue weighted by atomic mass is 16.5. The molecule has 0 spiro atoms. The van der Waals surface area contributed by atoms with E-state index in [1.807, 2.05) is 13.0 Å². The Morgan fingerprint density at radius 3 is 2.44 bits per heavy atom. The Hall–Kier alpha value is -0.955. The minimum atomic E-state index is 0.293. The Morgan fingerprint density at radius 1 is 1.25 bits per heavy atom. The van der Waals surface area contributed by atoms with Gasteiger partial charge < -0.3 is 9.64 Å². The van der Waals surface area contributed by atoms with Crippen LogP contribution in [0.25, 0.3) is 0 Å². The number of anilines is 1. The van der Waals surface area contributed by atoms with E-state index in [0.29, 0.717) is 12.2 Å². The number of aryl methyl sites for hydroxylation is 1. The Bertz CT molecular complexity index is 370. The third-order valence-electron chi connectivity index (χ3n) is 3.04. The van der Waals surface area contributed by atoms with Gasteiger partial charge in [0.25, 0.3) is 0 Å². The molecule has 1 fully saturated rings. The van der Waals surface area contributed by atoms with Crippen molar-refractivity contribution < 1.29 is 4.74 Å². The lowest BCUT2D eigenvalue weighted by Gasteiger charge is -2.37. The van der Waals surface area contributed by atoms with Crippen LogP contribution in [-0.2, 0) is 4.74 Å². The maximum atomic E-state index is 5.83. The third kappa shape index (κ3) is 2.41. The molecule has 0 aromatic heterocycles. The number of benzene rings is 1. The summed E-state index contributed by atoms with van der Waals surface area (Å²) >= 11 is 0. The Kier molecular flexibility index (Phi) is 3.24. The molecule has 84 valence electrons. The van der Waals surface area contributed by atoms with E-state index in [9.17, 15) is 0 Å². The van der Waals surface area contributed by atoms with Gasteiger partial charge in [0.15, 0.2) is 0 Å². The average Bonchev–Trinajstić information content (AvgIpc) is 2.20. The molecule has 3 heteroatoms. The SMILES string of the molecule is [B]c1ccc(N2C[C@@H](C)O[C@@H](C)C2)cc1C. The van der Waals surface area contributed by atoms with Gasteiger partial charge in [0.2, 0.25) is 0 Å². The highest BCUT2D eigenvalue weighted by Gasteiger charge is 2.22. The zero-order valence-electron chi connectivity index (χ0n) is 10.2. The molecule has 1 heterocycles. The molecule has 2 radical (unpaired) electrons. The molecule has 2 atom stereocenters. The molecule has 0 unspecified atom stereocenters. The van der Waals surface area contributed by atoms with E-state index in [2.05, 4.69) is 30.9 Å². The molecule has 2 rings (SSSR count). The lowest BCUT2D eigenvalue weighted by molar-refractivity contribution is -0.00521. The lowest BCUT2D eigenvalue weighted by Crippen LogP contribution is -2.45. The van der Waals surface area contributed by atoms with Crippen LogP contribution in [0.15, 0.2) is 18.2 Å². The topological polar surface area (TPSA) is 12.5 Å². The minimum absolute atomic E-state index is 0.293. The third-order valence-corrected chi connectivity index (χ3v) is 3.04. The van der Waals surface area contributed by atoms with E-state index in [1.165, 1.54) is 5.69 Å². The van der Waals surface area contributed by atoms with Crippen LogP contribution in [0, 0.1) is 6.92 Å². The van der Waals surface area contributed by atoms with Crippen LogP contribution < -0.4 is 10.4 Å². The Labute approximate surface area is 99.0 Å². The predicted molar refractivity (Wildman–Crippen MR) is 68.8 cm³/mol. The maximum Gasteiger partial charge on any atom is 0.114 e. The van der Waals surface area contributed by atoms with Gasteiger partial charge in [-0.15, -0.1) is 0 Å². The molecule has 16 heavy (non-hydrogen) atoms. The van der Waals surface area contributed by atoms with Crippen LogP contribution in [-0.4, -0.2) is 33.1 Å². The number of ether oxygens (including phenoxy) is 1. The number of hydrogen-bond donors (Lipinski definition) is 0. The molecule has 0 aliphatic carbocycles. The summed E-state index contributed by atoms with van der Waals surface area (Å²) in [6.45, 7) is 8.19. The summed E-state index contributed by atoms with van der Waals surface area (Å²) in [4.78, 5) is 2.37. The molecule has 1 aliphatic rings. The van der Waals surface area contributed by atoms with Gasteiger partial charge in [-0.2, -0.15) is 0 Å². The summed E-state index contributed by atoms with van der Waals surface area (Å²) < 4.78 is 5.73. The van der Waals surface area contributed by atoms with Crippen molar-refractivity contribution in [2.24, 2.45) is 0 Å². The van der Waals surface area contributed by atoms with Gasteiger partial charge >= 0.3 is 0 Å². The number of morpholine rings is 1. The quantitative estimate of drug-likeness (QED) is 0.656. The maximum absolute atomic E-state index is 5.83. The normalized spacial score (nSPS) is 25.8. The van der Waals surface area contributed by atoms with E-state index < -0.39 is 0 Å². The molecule has 0 amide bonds. The van der Waals surface area contributed by atoms with Crippen molar-refractivity contribution in [2.45, 2.75) is 33.0 Å². The van der Waals surface area contributed by atoms with Crippen LogP contribution in [0.4, 0.5) is 5.69 Å². The van der Waals surface area contributed by atoms with Gasteiger partial charge in [0.05, 0.1) is 12.2 Å². The first kappa shape index (κ1) is 11.5. The second kappa shape index (κ2) is 4.50. The first-order valence-electron chi connectivity index (χ1n) is 5.83. The first-order valence-corrected chi connectivity index (χ1v) is 5.83. The van der Waals surface area contributed by atoms with Crippen LogP contribution >= 0.6 is 0 Å². The van der Waals surface area contributed by atoms with E-state index in [1.54, 1.807) is 0 Å². The van der Waals surface area contributed by atoms with Crippen molar-refractivity contribution in [1.82, 2.24) is 0 Å². The van der Waals surface area contributed by atoms with Gasteiger partial charge in [-0.1, -0.05) is 17.1 Å². The fourth-order valence-corrected chi connectivity index (χ4v) is 2.25. The molecule has 2 nitrogen and oxygen atoms in total. The smallest absolute Gasteiger partial charge is 0.114 e. The Morgan fingerprint density at radius 2 is 1.88 bits per heavy atom. The molecule has 0 bridgehead atoms. The Balaban J connectivity index is 2.19. The standard InChI is InChI=1S/C13H18BNO/c1-9-6-12(4-5-13(9)14)15-7-10(2)16-11(3)8-15/h4-6,10-11H,7-8H2,1-3H3/t10-,11+. The van der Waals surface area contributed by atoms with Gasteiger partial charge in [0, 0.05) is 18.8 Å². The summed E-state index contributed by atoms with van der Waals surface area (Å²) in [5, 5.41) is 0. The largest absolute Gasteiger partial charge is 0.372 e. The minimum Gasteiger partial charge on any atom is -0.372 e. The summed E-state index contributed by atoms with van der Waals surface area (Å²) in [5.41, 5.74) is 3.25. The summed E-state index contributed by atoms with van der Waals surface area (Å²) in [5.74, 6) is 0. The van der Waals surface area contributed by atoms with E-state index in [4.69, 9.17) is 12.6 Å². The van der Waals surface area contributed by atoms with Crippen molar-refractivity contribution in [1.29, 1.82) is 0 Å². The van der Waals surface area contributed by atoms with Crippen molar-refractivity contribution >= 4 is 19.0 Å². The highest BCUT2D eigenvalue weighted by Crippen LogP contribution is 2.20. The van der Waals surface area contributed by atoms with Crippen molar-refractivity contribution in [3.05, 3.63) is 23.8 Å². The van der Waals surface area contributed by atoms with Crippen LogP contribution in [0.1, 0.15) is 19.4 Å². The highest BCUT2D eigenvalue weighted by molar-refractivity contribution is 6.33. The van der Waals surface area contributed by atoms with Gasteiger partial charge in [-0.05, 0) is 32.9 Å². The average molecular weight is 215 g/mol. The summed E-state index contributed by atoms with van der Waals surface area (Å²) in [7, 11) is 5.83. The zero-order valence-corrected chi connectivity index (χ0v) is 10.2. The molecule has 0 saturated carbocycles. The monoisotopic (exact) mass is 215 g/mol. The second-order valence-electron chi connectivity index (χ2n) is 4.70. The van der Waals surface area contributed by atoms with E-state index in [-0.39, 0.29) is 0 Å². The predicted octanol–water partition coefficient (Wildman–Crippen LogP) is 1.40. The fourth-order valence-electron chi connectivity index (χ4n) is 2.25. The molecular formula is C13H18BNO. The number of nitrogens with zero attached hydrogens (tertiary/aromatic N) is 1. The van der Waals surface area contributed by atoms with Crippen LogP contribution in [0.2, 0.25) is 0 Å². The molecule has 1 aromatic rings. The van der Waals surface area contributed by atoms with Crippen LogP contribution in [0.5, 0.6) is 0 Å². The number of rotatable bonds is 1. The second-order valence-corrected chi connectivity index (χ2v) is 4.70. The number of hydrogen-bond acceptors (Lipinski definition) is 2. The van der Waals surface area contributed by atoms with E-state index >= 15 is 0 Å². The van der Waals surface area contributed by atoms with E-state index in [0.717, 1.165) is 24.1 Å². The summed E-state index contributed by atoms with van der Waals surface area (Å²) in [6.07, 6.45) is 0.586. The summed E-state index contributed by atoms with van der Waals surface area (Å²) in [6, 6.07) is 6.22. The van der Waals surface area contributed by atoms with Crippen LogP contribution in [0.3, 0.4) is 0 Å². The fraction of sp³-hybridized carbons (Fsp3) is 0.538. The molecule has 1 aromatic carbocycles. The van der Waals surface area contributed by atoms with Crippen molar-refractivity contribution in [3.63, 3.8) is 0 Å². The molecule has 1 saturated heterocycles. The first-order chi connectivity index (χ1) is 7.56. The zero-order chi connectivity index (χ0) is 11.7. The molecule has 0 N–H and O–H groups in total. The molecule has 1 aliphatic heterocycles. The van der Waals surface area contributed by atoms with Crippen molar-refractivity contribution in [3.8, 4) is 0 Å². The molecular weight excluding hydrogens is 197 g/mol. The van der Waals surface area contributed by atoms with Gasteiger partial charge in [0.1, 0.15) is 7.85 Å².